The highest BCUT2D eigenvalue weighted by Gasteiger charge is 2.47. The molecule has 1 unspecified atom stereocenters. The van der Waals surface area contributed by atoms with E-state index in [0.29, 0.717) is 5.92 Å². The van der Waals surface area contributed by atoms with Gasteiger partial charge in [0.1, 0.15) is 0 Å². The van der Waals surface area contributed by atoms with Crippen molar-refractivity contribution in [1.29, 1.82) is 0 Å². The van der Waals surface area contributed by atoms with Gasteiger partial charge in [0.05, 0.1) is 0 Å². The zero-order chi connectivity index (χ0) is 21.8. The third-order valence-corrected chi connectivity index (χ3v) is 9.31. The van der Waals surface area contributed by atoms with Gasteiger partial charge in [0, 0.05) is 5.41 Å². The van der Waals surface area contributed by atoms with Crippen molar-refractivity contribution in [2.24, 2.45) is 11.3 Å². The zero-order valence-corrected chi connectivity index (χ0v) is 19.8. The topological polar surface area (TPSA) is 0 Å². The van der Waals surface area contributed by atoms with Gasteiger partial charge >= 0.3 is 0 Å². The van der Waals surface area contributed by atoms with Crippen molar-refractivity contribution in [3.05, 3.63) is 81.3 Å². The fraction of sp³-hybridized carbons (Fsp3) is 0.375. The molecule has 2 aromatic carbocycles. The van der Waals surface area contributed by atoms with Crippen molar-refractivity contribution < 1.29 is 0 Å². The van der Waals surface area contributed by atoms with Gasteiger partial charge in [0.15, 0.2) is 0 Å². The van der Waals surface area contributed by atoms with E-state index < -0.39 is 0 Å². The minimum Gasteiger partial charge on any atom is -0.0842 e. The van der Waals surface area contributed by atoms with Gasteiger partial charge in [0.25, 0.3) is 0 Å². The second-order valence-corrected chi connectivity index (χ2v) is 11.5. The van der Waals surface area contributed by atoms with E-state index in [1.807, 2.05) is 0 Å². The molecular weight excluding hydrogens is 384 g/mol. The Hall–Kier alpha value is -2.60. The molecule has 0 radical (unpaired) electrons. The summed E-state index contributed by atoms with van der Waals surface area (Å²) in [7, 11) is 0. The molecule has 0 amide bonds. The predicted octanol–water partition coefficient (Wildman–Crippen LogP) is 6.96. The van der Waals surface area contributed by atoms with Crippen molar-refractivity contribution in [2.75, 3.05) is 0 Å². The van der Waals surface area contributed by atoms with Crippen LogP contribution >= 0.6 is 0 Å². The lowest BCUT2D eigenvalue weighted by molar-refractivity contribution is 0.385. The van der Waals surface area contributed by atoms with Crippen LogP contribution in [-0.2, 0) is 5.41 Å². The van der Waals surface area contributed by atoms with E-state index in [1.54, 1.807) is 43.7 Å². The Bertz CT molecular complexity index is 1480. The number of allylic oxidation sites excluding steroid dienone is 8. The normalized spacial score (nSPS) is 25.7. The average Bonchev–Trinajstić information content (AvgIpc) is 2.80. The molecule has 0 nitrogen and oxygen atoms in total. The van der Waals surface area contributed by atoms with E-state index in [2.05, 4.69) is 82.4 Å². The van der Waals surface area contributed by atoms with Crippen molar-refractivity contribution in [2.45, 2.75) is 65.2 Å². The molecule has 0 saturated carbocycles. The molecule has 0 N–H and O–H groups in total. The number of rotatable bonds is 1. The van der Waals surface area contributed by atoms with Crippen LogP contribution < -0.4 is 10.4 Å². The number of hydrogen-bond acceptors (Lipinski definition) is 0. The summed E-state index contributed by atoms with van der Waals surface area (Å²) in [6.45, 7) is 9.99. The fourth-order valence-corrected chi connectivity index (χ4v) is 7.73. The average molecular weight is 417 g/mol. The van der Waals surface area contributed by atoms with Gasteiger partial charge in [-0.25, -0.2) is 0 Å². The highest BCUT2D eigenvalue weighted by Crippen LogP contribution is 2.58. The van der Waals surface area contributed by atoms with E-state index >= 15 is 0 Å². The molecule has 0 saturated heterocycles. The molecule has 7 rings (SSSR count). The quantitative estimate of drug-likeness (QED) is 0.471. The summed E-state index contributed by atoms with van der Waals surface area (Å²) in [6.07, 6.45) is 20.3. The van der Waals surface area contributed by atoms with Crippen LogP contribution in [0.1, 0.15) is 76.5 Å². The predicted molar refractivity (Wildman–Crippen MR) is 138 cm³/mol. The standard InChI is InChI=1S/C32H32/c1-31(2)22-15-8-13-20-26(19-11-6-5-7-12-19)21-14-9-16-23-28(21)30(27(20)22)29-24(31)17-10-18-25(29)32(23,3)4/h5-6,8,10-11,13-15,18,24H,7,9,12,16-17H2,1-4H3. The highest BCUT2D eigenvalue weighted by atomic mass is 14.5. The van der Waals surface area contributed by atoms with Crippen LogP contribution in [-0.4, -0.2) is 0 Å². The van der Waals surface area contributed by atoms with Crippen molar-refractivity contribution in [3.8, 4) is 0 Å². The Labute approximate surface area is 191 Å². The first-order valence-electron chi connectivity index (χ1n) is 12.5. The van der Waals surface area contributed by atoms with Gasteiger partial charge in [-0.15, -0.1) is 0 Å². The summed E-state index contributed by atoms with van der Waals surface area (Å²) in [6, 6.07) is 7.18. The lowest BCUT2D eigenvalue weighted by Crippen LogP contribution is -2.48. The minimum absolute atomic E-state index is 0.106. The molecular formula is C32H32. The lowest BCUT2D eigenvalue weighted by atomic mass is 9.54. The molecule has 0 aromatic heterocycles. The van der Waals surface area contributed by atoms with Gasteiger partial charge < -0.3 is 0 Å². The van der Waals surface area contributed by atoms with Crippen molar-refractivity contribution in [3.63, 3.8) is 0 Å². The molecule has 32 heavy (non-hydrogen) atoms. The van der Waals surface area contributed by atoms with E-state index in [1.165, 1.54) is 22.9 Å². The van der Waals surface area contributed by atoms with Crippen molar-refractivity contribution in [1.82, 2.24) is 0 Å². The third kappa shape index (κ3) is 2.10. The molecule has 0 heteroatoms. The first-order valence-corrected chi connectivity index (χ1v) is 12.5. The van der Waals surface area contributed by atoms with E-state index in [0.717, 1.165) is 25.7 Å². The van der Waals surface area contributed by atoms with Crippen LogP contribution in [0, 0.1) is 11.3 Å². The second-order valence-electron chi connectivity index (χ2n) is 11.5. The van der Waals surface area contributed by atoms with Crippen LogP contribution in [0.4, 0.5) is 0 Å². The summed E-state index contributed by atoms with van der Waals surface area (Å²) < 4.78 is 0. The molecule has 2 aromatic rings. The SMILES string of the molecule is CC1(C)C2=C3c4c5c(c(C6=CC=CCC6)c6cccc(c46)C(C)(C)C3CC=C2)=CCCC=51. The van der Waals surface area contributed by atoms with Gasteiger partial charge in [-0.05, 0) is 98.1 Å². The molecule has 0 heterocycles. The third-order valence-electron chi connectivity index (χ3n) is 9.31. The highest BCUT2D eigenvalue weighted by molar-refractivity contribution is 6.08. The monoisotopic (exact) mass is 416 g/mol. The Morgan fingerprint density at radius 1 is 0.938 bits per heavy atom. The molecule has 160 valence electrons. The molecule has 1 atom stereocenters. The summed E-state index contributed by atoms with van der Waals surface area (Å²) in [5, 5.41) is 6.20. The molecule has 0 bridgehead atoms. The number of benzene rings is 2. The van der Waals surface area contributed by atoms with E-state index in [-0.39, 0.29) is 10.8 Å². The first kappa shape index (κ1) is 18.9. The maximum absolute atomic E-state index is 2.57. The van der Waals surface area contributed by atoms with E-state index in [4.69, 9.17) is 0 Å². The Kier molecular flexibility index (Phi) is 3.57. The van der Waals surface area contributed by atoms with Gasteiger partial charge in [-0.3, -0.25) is 0 Å². The second kappa shape index (κ2) is 6.04. The molecule has 0 fully saturated rings. The maximum atomic E-state index is 2.57. The van der Waals surface area contributed by atoms with E-state index in [9.17, 15) is 0 Å². The first-order chi connectivity index (χ1) is 15.4. The molecule has 5 aliphatic carbocycles. The summed E-state index contributed by atoms with van der Waals surface area (Å²) in [4.78, 5) is 0. The van der Waals surface area contributed by atoms with Gasteiger partial charge in [0.2, 0.25) is 0 Å². The van der Waals surface area contributed by atoms with Crippen molar-refractivity contribution >= 4 is 33.6 Å². The maximum Gasteiger partial charge on any atom is 0.0118 e. The lowest BCUT2D eigenvalue weighted by Gasteiger charge is -2.49. The molecule has 0 aliphatic heterocycles. The Morgan fingerprint density at radius 2 is 1.81 bits per heavy atom. The Balaban J connectivity index is 1.81. The van der Waals surface area contributed by atoms with Gasteiger partial charge in [-0.2, -0.15) is 0 Å². The largest absolute Gasteiger partial charge is 0.0842 e. The Morgan fingerprint density at radius 3 is 2.62 bits per heavy atom. The van der Waals surface area contributed by atoms with Crippen LogP contribution in [0.3, 0.4) is 0 Å². The number of hydrogen-bond donors (Lipinski definition) is 0. The smallest absolute Gasteiger partial charge is 0.0118 e. The van der Waals surface area contributed by atoms with Crippen LogP contribution in [0.2, 0.25) is 0 Å². The fourth-order valence-electron chi connectivity index (χ4n) is 7.73. The minimum atomic E-state index is 0.106. The van der Waals surface area contributed by atoms with Gasteiger partial charge in [-0.1, -0.05) is 87.9 Å². The zero-order valence-electron chi connectivity index (χ0n) is 19.8. The summed E-state index contributed by atoms with van der Waals surface area (Å²) in [5.74, 6) is 0.565. The van der Waals surface area contributed by atoms with Crippen LogP contribution in [0.5, 0.6) is 0 Å². The molecule has 5 aliphatic rings. The van der Waals surface area contributed by atoms with Crippen LogP contribution in [0.15, 0.2) is 54.2 Å². The van der Waals surface area contributed by atoms with Crippen LogP contribution in [0.25, 0.3) is 33.6 Å². The summed E-state index contributed by atoms with van der Waals surface area (Å²) >= 11 is 0. The summed E-state index contributed by atoms with van der Waals surface area (Å²) in [5.41, 5.74) is 11.4. The molecule has 0 spiro atoms.